The molecule has 2 heteroatoms. The van der Waals surface area contributed by atoms with Gasteiger partial charge in [0.15, 0.2) is 0 Å². The van der Waals surface area contributed by atoms with Crippen molar-refractivity contribution in [2.75, 3.05) is 7.11 Å². The first-order chi connectivity index (χ1) is 9.15. The highest BCUT2D eigenvalue weighted by Gasteiger charge is 2.44. The van der Waals surface area contributed by atoms with E-state index in [9.17, 15) is 5.11 Å². The number of hydrogen-bond acceptors (Lipinski definition) is 2. The van der Waals surface area contributed by atoms with E-state index in [4.69, 9.17) is 4.74 Å². The third-order valence-electron chi connectivity index (χ3n) is 5.28. The summed E-state index contributed by atoms with van der Waals surface area (Å²) in [5.41, 5.74) is 2.64. The molecule has 1 aromatic carbocycles. The van der Waals surface area contributed by atoms with Gasteiger partial charge in [-0.15, -0.1) is 0 Å². The van der Waals surface area contributed by atoms with Crippen LogP contribution in [-0.4, -0.2) is 18.3 Å². The van der Waals surface area contributed by atoms with Crippen LogP contribution in [0.25, 0.3) is 0 Å². The maximum Gasteiger partial charge on any atom is 0.119 e. The number of aliphatic hydroxyl groups is 1. The van der Waals surface area contributed by atoms with E-state index < -0.39 is 0 Å². The van der Waals surface area contributed by atoms with Gasteiger partial charge in [-0.1, -0.05) is 32.3 Å². The third-order valence-corrected chi connectivity index (χ3v) is 5.28. The zero-order valence-corrected chi connectivity index (χ0v) is 12.0. The zero-order chi connectivity index (χ0) is 13.5. The van der Waals surface area contributed by atoms with E-state index in [0.29, 0.717) is 5.92 Å². The molecular weight excluding hydrogens is 236 g/mol. The Kier molecular flexibility index (Phi) is 3.30. The minimum absolute atomic E-state index is 0.0901. The quantitative estimate of drug-likeness (QED) is 0.838. The van der Waals surface area contributed by atoms with Crippen molar-refractivity contribution in [2.45, 2.75) is 57.0 Å². The number of fused-ring (bicyclic) bond motifs is 4. The van der Waals surface area contributed by atoms with Crippen molar-refractivity contribution in [1.82, 2.24) is 0 Å². The van der Waals surface area contributed by atoms with Gasteiger partial charge in [0.25, 0.3) is 0 Å². The highest BCUT2D eigenvalue weighted by Crippen LogP contribution is 2.47. The molecule has 2 nitrogen and oxygen atoms in total. The van der Waals surface area contributed by atoms with Gasteiger partial charge in [0, 0.05) is 5.41 Å². The Balaban J connectivity index is 2.09. The number of rotatable bonds is 1. The van der Waals surface area contributed by atoms with Crippen molar-refractivity contribution in [2.24, 2.45) is 5.92 Å². The maximum absolute atomic E-state index is 10.8. The summed E-state index contributed by atoms with van der Waals surface area (Å²) in [6.07, 6.45) is 6.87. The Morgan fingerprint density at radius 2 is 2.11 bits per heavy atom. The third kappa shape index (κ3) is 2.06. The van der Waals surface area contributed by atoms with Gasteiger partial charge in [-0.25, -0.2) is 0 Å². The van der Waals surface area contributed by atoms with Gasteiger partial charge in [0.1, 0.15) is 5.75 Å². The van der Waals surface area contributed by atoms with Crippen molar-refractivity contribution >= 4 is 0 Å². The molecule has 1 N–H and O–H groups in total. The average Bonchev–Trinajstić information content (AvgIpc) is 2.43. The number of benzene rings is 1. The lowest BCUT2D eigenvalue weighted by molar-refractivity contribution is 0.00884. The SMILES string of the molecule is COc1ccc2c(c1)C1(C)CCCCCC(C2)C1O. The Morgan fingerprint density at radius 1 is 1.26 bits per heavy atom. The first-order valence-corrected chi connectivity index (χ1v) is 7.50. The van der Waals surface area contributed by atoms with E-state index >= 15 is 0 Å². The monoisotopic (exact) mass is 260 g/mol. The van der Waals surface area contributed by atoms with Crippen molar-refractivity contribution in [3.8, 4) is 5.75 Å². The predicted molar refractivity (Wildman–Crippen MR) is 76.6 cm³/mol. The molecule has 2 aliphatic rings. The Morgan fingerprint density at radius 3 is 2.89 bits per heavy atom. The van der Waals surface area contributed by atoms with Crippen molar-refractivity contribution in [3.05, 3.63) is 29.3 Å². The number of ether oxygens (including phenoxy) is 1. The van der Waals surface area contributed by atoms with Crippen molar-refractivity contribution in [3.63, 3.8) is 0 Å². The molecule has 0 saturated heterocycles. The standard InChI is InChI=1S/C17H24O2/c1-17-9-5-3-4-6-13(16(17)18)10-12-7-8-14(19-2)11-15(12)17/h7-8,11,13,16,18H,3-6,9-10H2,1-2H3. The first kappa shape index (κ1) is 13.0. The van der Waals surface area contributed by atoms with Crippen molar-refractivity contribution < 1.29 is 9.84 Å². The molecule has 1 aromatic rings. The molecule has 1 fully saturated rings. The summed E-state index contributed by atoms with van der Waals surface area (Å²) in [5, 5.41) is 10.8. The van der Waals surface area contributed by atoms with Gasteiger partial charge in [-0.2, -0.15) is 0 Å². The van der Waals surface area contributed by atoms with E-state index in [-0.39, 0.29) is 11.5 Å². The fraction of sp³-hybridized carbons (Fsp3) is 0.647. The summed E-state index contributed by atoms with van der Waals surface area (Å²) in [7, 11) is 1.71. The molecule has 2 aliphatic carbocycles. The topological polar surface area (TPSA) is 29.5 Å². The second-order valence-electron chi connectivity index (χ2n) is 6.45. The van der Waals surface area contributed by atoms with Crippen LogP contribution in [-0.2, 0) is 11.8 Å². The summed E-state index contributed by atoms with van der Waals surface area (Å²) in [6.45, 7) is 2.24. The van der Waals surface area contributed by atoms with Crippen LogP contribution in [0.2, 0.25) is 0 Å². The van der Waals surface area contributed by atoms with Gasteiger partial charge in [0.2, 0.25) is 0 Å². The van der Waals surface area contributed by atoms with Gasteiger partial charge in [-0.05, 0) is 48.4 Å². The summed E-state index contributed by atoms with van der Waals surface area (Å²) in [4.78, 5) is 0. The minimum Gasteiger partial charge on any atom is -0.497 e. The molecule has 3 rings (SSSR count). The van der Waals surface area contributed by atoms with Gasteiger partial charge >= 0.3 is 0 Å². The molecule has 3 unspecified atom stereocenters. The van der Waals surface area contributed by atoms with E-state index in [1.807, 2.05) is 0 Å². The van der Waals surface area contributed by atoms with Gasteiger partial charge in [-0.3, -0.25) is 0 Å². The molecule has 104 valence electrons. The summed E-state index contributed by atoms with van der Waals surface area (Å²) >= 11 is 0. The van der Waals surface area contributed by atoms with Gasteiger partial charge in [0.05, 0.1) is 13.2 Å². The maximum atomic E-state index is 10.8. The lowest BCUT2D eigenvalue weighted by atomic mass is 9.61. The first-order valence-electron chi connectivity index (χ1n) is 7.50. The van der Waals surface area contributed by atoms with Crippen LogP contribution in [0.4, 0.5) is 0 Å². The van der Waals surface area contributed by atoms with E-state index in [1.165, 1.54) is 36.8 Å². The highest BCUT2D eigenvalue weighted by molar-refractivity contribution is 5.43. The summed E-state index contributed by atoms with van der Waals surface area (Å²) in [5.74, 6) is 1.35. The molecule has 19 heavy (non-hydrogen) atoms. The van der Waals surface area contributed by atoms with Crippen LogP contribution in [0.1, 0.15) is 50.2 Å². The summed E-state index contributed by atoms with van der Waals surface area (Å²) < 4.78 is 5.37. The average molecular weight is 260 g/mol. The van der Waals surface area contributed by atoms with E-state index in [0.717, 1.165) is 18.6 Å². The van der Waals surface area contributed by atoms with Crippen LogP contribution in [0.5, 0.6) is 5.75 Å². The molecule has 0 radical (unpaired) electrons. The van der Waals surface area contributed by atoms with E-state index in [2.05, 4.69) is 25.1 Å². The second kappa shape index (κ2) is 4.82. The number of methoxy groups -OCH3 is 1. The zero-order valence-electron chi connectivity index (χ0n) is 12.0. The largest absolute Gasteiger partial charge is 0.497 e. The Hall–Kier alpha value is -1.02. The molecular formula is C17H24O2. The molecule has 1 saturated carbocycles. The number of hydrogen-bond donors (Lipinski definition) is 1. The summed E-state index contributed by atoms with van der Waals surface area (Å²) in [6, 6.07) is 6.41. The van der Waals surface area contributed by atoms with Crippen molar-refractivity contribution in [1.29, 1.82) is 0 Å². The van der Waals surface area contributed by atoms with Crippen LogP contribution < -0.4 is 4.74 Å². The molecule has 0 spiro atoms. The van der Waals surface area contributed by atoms with E-state index in [1.54, 1.807) is 7.11 Å². The predicted octanol–water partition coefficient (Wildman–Crippen LogP) is 3.45. The fourth-order valence-electron chi connectivity index (χ4n) is 4.08. The number of aliphatic hydroxyl groups excluding tert-OH is 1. The normalized spacial score (nSPS) is 34.1. The molecule has 0 aromatic heterocycles. The lowest BCUT2D eigenvalue weighted by Gasteiger charge is -2.46. The molecule has 2 bridgehead atoms. The Labute approximate surface area is 115 Å². The van der Waals surface area contributed by atoms with Crippen LogP contribution >= 0.6 is 0 Å². The fourth-order valence-corrected chi connectivity index (χ4v) is 4.08. The van der Waals surface area contributed by atoms with Gasteiger partial charge < -0.3 is 9.84 Å². The van der Waals surface area contributed by atoms with Crippen LogP contribution in [0, 0.1) is 5.92 Å². The Bertz CT molecular complexity index is 468. The lowest BCUT2D eigenvalue weighted by Crippen LogP contribution is -2.47. The van der Waals surface area contributed by atoms with Crippen LogP contribution in [0.3, 0.4) is 0 Å². The smallest absolute Gasteiger partial charge is 0.119 e. The molecule has 0 aliphatic heterocycles. The second-order valence-corrected chi connectivity index (χ2v) is 6.45. The molecule has 0 amide bonds. The highest BCUT2D eigenvalue weighted by atomic mass is 16.5. The molecule has 3 atom stereocenters. The molecule has 0 heterocycles. The minimum atomic E-state index is -0.201. The van der Waals surface area contributed by atoms with Crippen LogP contribution in [0.15, 0.2) is 18.2 Å².